The minimum atomic E-state index is -0.591. The van der Waals surface area contributed by atoms with Crippen molar-refractivity contribution in [1.29, 1.82) is 0 Å². The van der Waals surface area contributed by atoms with E-state index < -0.39 is 10.5 Å². The summed E-state index contributed by atoms with van der Waals surface area (Å²) in [7, 11) is 0. The van der Waals surface area contributed by atoms with Crippen molar-refractivity contribution in [3.05, 3.63) is 103 Å². The van der Waals surface area contributed by atoms with E-state index in [0.29, 0.717) is 16.7 Å². The Balaban J connectivity index is 1.80. The van der Waals surface area contributed by atoms with Gasteiger partial charge in [-0.05, 0) is 46.6 Å². The highest BCUT2D eigenvalue weighted by molar-refractivity contribution is 9.10. The molecule has 0 unspecified atom stereocenters. The zero-order valence-corrected chi connectivity index (χ0v) is 18.9. The Morgan fingerprint density at radius 3 is 2.70 bits per heavy atom. The van der Waals surface area contributed by atoms with Crippen LogP contribution in [0, 0.1) is 17.0 Å². The van der Waals surface area contributed by atoms with Crippen LogP contribution in [0.2, 0.25) is 0 Å². The van der Waals surface area contributed by atoms with Gasteiger partial charge in [0.15, 0.2) is 5.82 Å². The van der Waals surface area contributed by atoms with Gasteiger partial charge in [0, 0.05) is 17.7 Å². The second-order valence-electron chi connectivity index (χ2n) is 7.08. The van der Waals surface area contributed by atoms with Crippen LogP contribution in [-0.2, 0) is 6.61 Å². The Kier molecular flexibility index (Phi) is 6.18. The average Bonchev–Trinajstić information content (AvgIpc) is 2.80. The minimum absolute atomic E-state index is 0.0487. The van der Waals surface area contributed by atoms with E-state index in [0.717, 1.165) is 16.3 Å². The summed E-state index contributed by atoms with van der Waals surface area (Å²) in [5, 5.41) is 26.0. The maximum absolute atomic E-state index is 13.1. The lowest BCUT2D eigenvalue weighted by atomic mass is 10.2. The molecule has 3 aromatic carbocycles. The monoisotopic (exact) mass is 508 g/mol. The number of halogens is 1. The molecule has 0 aliphatic rings. The number of fused-ring (bicyclic) bond motifs is 1. The maximum atomic E-state index is 13.1. The summed E-state index contributed by atoms with van der Waals surface area (Å²) in [6.07, 6.45) is 1.17. The Morgan fingerprint density at radius 2 is 1.94 bits per heavy atom. The molecule has 0 atom stereocenters. The molecule has 0 fully saturated rings. The number of aromatic hydroxyl groups is 1. The van der Waals surface area contributed by atoms with Crippen molar-refractivity contribution in [1.82, 2.24) is 9.66 Å². The van der Waals surface area contributed by atoms with E-state index in [1.165, 1.54) is 12.3 Å². The van der Waals surface area contributed by atoms with Crippen LogP contribution in [0.3, 0.4) is 0 Å². The Labute approximate surface area is 195 Å². The quantitative estimate of drug-likeness (QED) is 0.232. The van der Waals surface area contributed by atoms with Gasteiger partial charge < -0.3 is 9.84 Å². The van der Waals surface area contributed by atoms with E-state index in [1.807, 2.05) is 25.1 Å². The van der Waals surface area contributed by atoms with Crippen LogP contribution < -0.4 is 10.3 Å². The van der Waals surface area contributed by atoms with Crippen LogP contribution in [0.4, 0.5) is 5.69 Å². The lowest BCUT2D eigenvalue weighted by Gasteiger charge is -2.12. The fourth-order valence-electron chi connectivity index (χ4n) is 3.17. The van der Waals surface area contributed by atoms with E-state index in [-0.39, 0.29) is 33.9 Å². The highest BCUT2D eigenvalue weighted by atomic mass is 79.9. The van der Waals surface area contributed by atoms with Crippen molar-refractivity contribution < 1.29 is 14.8 Å². The summed E-state index contributed by atoms with van der Waals surface area (Å²) < 4.78 is 7.06. The molecule has 166 valence electrons. The number of nitrogens with zero attached hydrogens (tertiary/aromatic N) is 4. The number of hydrogen-bond donors (Lipinski definition) is 1. The van der Waals surface area contributed by atoms with Crippen LogP contribution in [0.5, 0.6) is 11.5 Å². The topological polar surface area (TPSA) is 120 Å². The molecule has 0 bridgehead atoms. The van der Waals surface area contributed by atoms with Gasteiger partial charge in [-0.2, -0.15) is 9.78 Å². The molecule has 1 N–H and O–H groups in total. The van der Waals surface area contributed by atoms with Gasteiger partial charge >= 0.3 is 0 Å². The SMILES string of the molecule is Cc1ccccc1OCc1nc2ccccc2c(=O)n1N=Cc1cc([N+](=O)[O-])cc(Br)c1O. The molecule has 0 aliphatic heterocycles. The van der Waals surface area contributed by atoms with Gasteiger partial charge in [0.05, 0.1) is 26.5 Å². The lowest BCUT2D eigenvalue weighted by molar-refractivity contribution is -0.385. The van der Waals surface area contributed by atoms with E-state index in [4.69, 9.17) is 4.74 Å². The molecule has 0 saturated heterocycles. The number of phenols is 1. The Bertz CT molecular complexity index is 1470. The number of non-ortho nitro benzene ring substituents is 1. The van der Waals surface area contributed by atoms with Crippen molar-refractivity contribution in [2.24, 2.45) is 5.10 Å². The molecule has 1 heterocycles. The van der Waals surface area contributed by atoms with E-state index in [9.17, 15) is 20.0 Å². The van der Waals surface area contributed by atoms with Gasteiger partial charge in [0.25, 0.3) is 11.2 Å². The minimum Gasteiger partial charge on any atom is -0.506 e. The normalized spacial score (nSPS) is 11.2. The molecule has 1 aromatic heterocycles. The molecular weight excluding hydrogens is 492 g/mol. The fourth-order valence-corrected chi connectivity index (χ4v) is 3.64. The highest BCUT2D eigenvalue weighted by Gasteiger charge is 2.15. The first-order valence-corrected chi connectivity index (χ1v) is 10.5. The third kappa shape index (κ3) is 4.60. The van der Waals surface area contributed by atoms with Crippen molar-refractivity contribution in [3.8, 4) is 11.5 Å². The fraction of sp³-hybridized carbons (Fsp3) is 0.0870. The molecular formula is C23H17BrN4O5. The van der Waals surface area contributed by atoms with Gasteiger partial charge in [0.2, 0.25) is 0 Å². The lowest BCUT2D eigenvalue weighted by Crippen LogP contribution is -2.23. The number of rotatable bonds is 6. The summed E-state index contributed by atoms with van der Waals surface area (Å²) in [6, 6.07) is 16.6. The predicted molar refractivity (Wildman–Crippen MR) is 127 cm³/mol. The zero-order chi connectivity index (χ0) is 23.5. The number of benzene rings is 3. The standard InChI is InChI=1S/C23H17BrN4O5/c1-14-6-2-5-9-20(14)33-13-21-26-19-8-4-3-7-17(19)23(30)27(21)25-12-15-10-16(28(31)32)11-18(24)22(15)29/h2-12,29H,13H2,1H3. The number of aromatic nitrogens is 2. The predicted octanol–water partition coefficient (Wildman–Crippen LogP) is 4.54. The smallest absolute Gasteiger partial charge is 0.282 e. The number of ether oxygens (including phenoxy) is 1. The zero-order valence-electron chi connectivity index (χ0n) is 17.3. The van der Waals surface area contributed by atoms with Crippen LogP contribution in [0.1, 0.15) is 17.0 Å². The summed E-state index contributed by atoms with van der Waals surface area (Å²) >= 11 is 3.09. The van der Waals surface area contributed by atoms with E-state index in [2.05, 4.69) is 26.0 Å². The third-order valence-electron chi connectivity index (χ3n) is 4.87. The van der Waals surface area contributed by atoms with E-state index >= 15 is 0 Å². The largest absolute Gasteiger partial charge is 0.506 e. The van der Waals surface area contributed by atoms with Crippen LogP contribution in [0.15, 0.2) is 75.0 Å². The molecule has 0 saturated carbocycles. The van der Waals surface area contributed by atoms with Crippen LogP contribution >= 0.6 is 15.9 Å². The van der Waals surface area contributed by atoms with Gasteiger partial charge in [-0.1, -0.05) is 30.3 Å². The van der Waals surface area contributed by atoms with Crippen molar-refractivity contribution in [2.75, 3.05) is 0 Å². The number of para-hydroxylation sites is 2. The van der Waals surface area contributed by atoms with Gasteiger partial charge in [-0.25, -0.2) is 4.98 Å². The van der Waals surface area contributed by atoms with Gasteiger partial charge in [-0.3, -0.25) is 14.9 Å². The maximum Gasteiger partial charge on any atom is 0.282 e. The second kappa shape index (κ2) is 9.21. The first-order valence-electron chi connectivity index (χ1n) is 9.75. The van der Waals surface area contributed by atoms with Crippen molar-refractivity contribution >= 4 is 38.7 Å². The van der Waals surface area contributed by atoms with Crippen LogP contribution in [0.25, 0.3) is 10.9 Å². The molecule has 0 aliphatic carbocycles. The number of aryl methyl sites for hydroxylation is 1. The molecule has 9 nitrogen and oxygen atoms in total. The third-order valence-corrected chi connectivity index (χ3v) is 5.48. The summed E-state index contributed by atoms with van der Waals surface area (Å²) in [6.45, 7) is 1.85. The average molecular weight is 509 g/mol. The molecule has 10 heteroatoms. The van der Waals surface area contributed by atoms with E-state index in [1.54, 1.807) is 30.3 Å². The number of nitro groups is 1. The molecule has 4 aromatic rings. The summed E-state index contributed by atoms with van der Waals surface area (Å²) in [5.74, 6) is 0.613. The summed E-state index contributed by atoms with van der Waals surface area (Å²) in [5.41, 5.74) is 0.777. The molecule has 33 heavy (non-hydrogen) atoms. The van der Waals surface area contributed by atoms with Gasteiger partial charge in [-0.15, -0.1) is 0 Å². The summed E-state index contributed by atoms with van der Waals surface area (Å²) in [4.78, 5) is 28.3. The second-order valence-corrected chi connectivity index (χ2v) is 7.94. The first kappa shape index (κ1) is 22.2. The molecule has 0 amide bonds. The van der Waals surface area contributed by atoms with Crippen LogP contribution in [-0.4, -0.2) is 25.9 Å². The molecule has 0 spiro atoms. The van der Waals surface area contributed by atoms with Crippen molar-refractivity contribution in [2.45, 2.75) is 13.5 Å². The molecule has 4 rings (SSSR count). The number of nitro benzene ring substituents is 1. The molecule has 0 radical (unpaired) electrons. The van der Waals surface area contributed by atoms with Crippen molar-refractivity contribution in [3.63, 3.8) is 0 Å². The highest BCUT2D eigenvalue weighted by Crippen LogP contribution is 2.31. The van der Waals surface area contributed by atoms with Gasteiger partial charge in [0.1, 0.15) is 18.1 Å². The Hall–Kier alpha value is -4.05. The Morgan fingerprint density at radius 1 is 1.21 bits per heavy atom. The number of hydrogen-bond acceptors (Lipinski definition) is 7. The first-order chi connectivity index (χ1) is 15.8. The number of phenolic OH excluding ortho intramolecular Hbond substituents is 1.